The Morgan fingerprint density at radius 1 is 0.960 bits per heavy atom. The topological polar surface area (TPSA) is 38.3 Å². The number of ether oxygens (including phenoxy) is 1. The molecule has 25 heavy (non-hydrogen) atoms. The first-order chi connectivity index (χ1) is 12.2. The highest BCUT2D eigenvalue weighted by molar-refractivity contribution is 6.03. The lowest BCUT2D eigenvalue weighted by Gasteiger charge is -2.18. The summed E-state index contributed by atoms with van der Waals surface area (Å²) in [5.74, 6) is 0.593. The lowest BCUT2D eigenvalue weighted by Crippen LogP contribution is -2.32. The van der Waals surface area contributed by atoms with Crippen LogP contribution in [-0.2, 0) is 11.2 Å². The molecule has 0 aliphatic heterocycles. The normalized spacial score (nSPS) is 11.9. The van der Waals surface area contributed by atoms with Crippen molar-refractivity contribution in [3.63, 3.8) is 0 Å². The number of hydrogen-bond acceptors (Lipinski definition) is 2. The van der Waals surface area contributed by atoms with Gasteiger partial charge in [0, 0.05) is 11.1 Å². The minimum atomic E-state index is -0.522. The summed E-state index contributed by atoms with van der Waals surface area (Å²) in [6, 6.07) is 21.8. The van der Waals surface area contributed by atoms with Crippen LogP contribution >= 0.6 is 0 Å². The van der Waals surface area contributed by atoms with Crippen LogP contribution < -0.4 is 10.1 Å². The zero-order valence-electron chi connectivity index (χ0n) is 14.7. The molecular formula is C22H23NO2. The van der Waals surface area contributed by atoms with Gasteiger partial charge in [0.05, 0.1) is 0 Å². The molecule has 0 heterocycles. The number of anilines is 1. The van der Waals surface area contributed by atoms with E-state index < -0.39 is 6.10 Å². The lowest BCUT2D eigenvalue weighted by atomic mass is 10.1. The molecule has 0 bridgehead atoms. The zero-order chi connectivity index (χ0) is 17.6. The van der Waals surface area contributed by atoms with Gasteiger partial charge in [0.25, 0.3) is 5.91 Å². The fourth-order valence-corrected chi connectivity index (χ4v) is 2.84. The molecule has 1 amide bonds. The first kappa shape index (κ1) is 17.0. The number of rotatable bonds is 6. The summed E-state index contributed by atoms with van der Waals surface area (Å²) in [7, 11) is 0. The van der Waals surface area contributed by atoms with E-state index in [2.05, 4.69) is 12.2 Å². The predicted molar refractivity (Wildman–Crippen MR) is 103 cm³/mol. The van der Waals surface area contributed by atoms with Gasteiger partial charge in [-0.1, -0.05) is 62.4 Å². The molecule has 0 radical (unpaired) electrons. The minimum absolute atomic E-state index is 0.126. The highest BCUT2D eigenvalue weighted by Crippen LogP contribution is 2.24. The molecule has 3 rings (SSSR count). The average Bonchev–Trinajstić information content (AvgIpc) is 2.66. The molecule has 3 aromatic carbocycles. The summed E-state index contributed by atoms with van der Waals surface area (Å²) in [6.45, 7) is 4.07. The molecule has 3 aromatic rings. The maximum atomic E-state index is 12.7. The lowest BCUT2D eigenvalue weighted by molar-refractivity contribution is -0.122. The molecule has 1 unspecified atom stereocenters. The number of carbonyl (C=O) groups excluding carboxylic acids is 1. The summed E-state index contributed by atoms with van der Waals surface area (Å²) < 4.78 is 5.90. The third kappa shape index (κ3) is 4.00. The molecule has 0 saturated heterocycles. The minimum Gasteiger partial charge on any atom is -0.481 e. The number of amides is 1. The van der Waals surface area contributed by atoms with Gasteiger partial charge >= 0.3 is 0 Å². The van der Waals surface area contributed by atoms with Gasteiger partial charge in [-0.2, -0.15) is 0 Å². The van der Waals surface area contributed by atoms with Crippen molar-refractivity contribution >= 4 is 22.4 Å². The maximum absolute atomic E-state index is 12.7. The summed E-state index contributed by atoms with van der Waals surface area (Å²) >= 11 is 0. The van der Waals surface area contributed by atoms with Crippen LogP contribution in [0.2, 0.25) is 0 Å². The third-order valence-electron chi connectivity index (χ3n) is 4.32. The van der Waals surface area contributed by atoms with E-state index in [1.165, 1.54) is 5.56 Å². The number of nitrogens with one attached hydrogen (secondary N) is 1. The predicted octanol–water partition coefficient (Wildman–Crippen LogP) is 5.20. The number of benzene rings is 3. The Bertz CT molecular complexity index is 850. The van der Waals surface area contributed by atoms with Crippen molar-refractivity contribution in [3.05, 3.63) is 72.3 Å². The number of carbonyl (C=O) groups is 1. The Kier molecular flexibility index (Phi) is 5.34. The van der Waals surface area contributed by atoms with Crippen molar-refractivity contribution in [1.29, 1.82) is 0 Å². The van der Waals surface area contributed by atoms with Crippen LogP contribution in [0.4, 0.5) is 5.69 Å². The molecule has 3 heteroatoms. The van der Waals surface area contributed by atoms with Crippen LogP contribution in [0.25, 0.3) is 10.8 Å². The van der Waals surface area contributed by atoms with Gasteiger partial charge in [-0.25, -0.2) is 0 Å². The standard InChI is InChI=1S/C22H23NO2/c1-3-16-12-14-18(15-13-16)25-21(4-2)22(24)23-20-11-7-9-17-8-5-6-10-19(17)20/h5-15,21H,3-4H2,1-2H3,(H,23,24). The number of hydrogen-bond donors (Lipinski definition) is 1. The van der Waals surface area contributed by atoms with E-state index in [0.717, 1.165) is 28.6 Å². The highest BCUT2D eigenvalue weighted by Gasteiger charge is 2.19. The highest BCUT2D eigenvalue weighted by atomic mass is 16.5. The second-order valence-corrected chi connectivity index (χ2v) is 6.03. The molecule has 0 spiro atoms. The summed E-state index contributed by atoms with van der Waals surface area (Å²) in [4.78, 5) is 12.7. The molecule has 1 N–H and O–H groups in total. The van der Waals surface area contributed by atoms with E-state index >= 15 is 0 Å². The number of fused-ring (bicyclic) bond motifs is 1. The van der Waals surface area contributed by atoms with Crippen LogP contribution in [0.5, 0.6) is 5.75 Å². The second kappa shape index (κ2) is 7.84. The van der Waals surface area contributed by atoms with Crippen LogP contribution in [0.15, 0.2) is 66.7 Å². The number of aryl methyl sites for hydroxylation is 1. The van der Waals surface area contributed by atoms with Gasteiger partial charge in [0.2, 0.25) is 0 Å². The van der Waals surface area contributed by atoms with Crippen LogP contribution in [-0.4, -0.2) is 12.0 Å². The molecule has 128 valence electrons. The van der Waals surface area contributed by atoms with Gasteiger partial charge in [0.1, 0.15) is 5.75 Å². The Morgan fingerprint density at radius 3 is 2.40 bits per heavy atom. The first-order valence-corrected chi connectivity index (χ1v) is 8.75. The molecule has 0 aliphatic rings. The summed E-state index contributed by atoms with van der Waals surface area (Å²) in [5.41, 5.74) is 2.06. The Labute approximate surface area is 148 Å². The smallest absolute Gasteiger partial charge is 0.265 e. The molecule has 0 saturated carbocycles. The summed E-state index contributed by atoms with van der Waals surface area (Å²) in [6.07, 6.45) is 1.07. The van der Waals surface area contributed by atoms with Gasteiger partial charge in [-0.3, -0.25) is 4.79 Å². The Morgan fingerprint density at radius 2 is 1.68 bits per heavy atom. The van der Waals surface area contributed by atoms with E-state index in [0.29, 0.717) is 6.42 Å². The van der Waals surface area contributed by atoms with Crippen molar-refractivity contribution in [2.45, 2.75) is 32.8 Å². The Hall–Kier alpha value is -2.81. The fraction of sp³-hybridized carbons (Fsp3) is 0.227. The Balaban J connectivity index is 1.75. The van der Waals surface area contributed by atoms with Crippen LogP contribution in [0, 0.1) is 0 Å². The molecule has 0 fully saturated rings. The SMILES string of the molecule is CCc1ccc(OC(CC)C(=O)Nc2cccc3ccccc23)cc1. The van der Waals surface area contributed by atoms with E-state index in [4.69, 9.17) is 4.74 Å². The van der Waals surface area contributed by atoms with Crippen LogP contribution in [0.1, 0.15) is 25.8 Å². The third-order valence-corrected chi connectivity index (χ3v) is 4.32. The average molecular weight is 333 g/mol. The van der Waals surface area contributed by atoms with Gasteiger partial charge in [0.15, 0.2) is 6.10 Å². The maximum Gasteiger partial charge on any atom is 0.265 e. The zero-order valence-corrected chi connectivity index (χ0v) is 14.7. The van der Waals surface area contributed by atoms with Crippen molar-refractivity contribution in [2.75, 3.05) is 5.32 Å². The van der Waals surface area contributed by atoms with E-state index in [-0.39, 0.29) is 5.91 Å². The molecule has 0 aromatic heterocycles. The van der Waals surface area contributed by atoms with E-state index in [1.54, 1.807) is 0 Å². The van der Waals surface area contributed by atoms with Crippen molar-refractivity contribution in [3.8, 4) is 5.75 Å². The fourth-order valence-electron chi connectivity index (χ4n) is 2.84. The van der Waals surface area contributed by atoms with Crippen molar-refractivity contribution in [1.82, 2.24) is 0 Å². The first-order valence-electron chi connectivity index (χ1n) is 8.75. The summed E-state index contributed by atoms with van der Waals surface area (Å²) in [5, 5.41) is 5.14. The quantitative estimate of drug-likeness (QED) is 0.673. The monoisotopic (exact) mass is 333 g/mol. The van der Waals surface area contributed by atoms with Gasteiger partial charge < -0.3 is 10.1 Å². The second-order valence-electron chi connectivity index (χ2n) is 6.03. The molecule has 3 nitrogen and oxygen atoms in total. The molecule has 0 aliphatic carbocycles. The molecule has 1 atom stereocenters. The largest absolute Gasteiger partial charge is 0.481 e. The van der Waals surface area contributed by atoms with Gasteiger partial charge in [-0.05, 0) is 42.0 Å². The van der Waals surface area contributed by atoms with Crippen molar-refractivity contribution < 1.29 is 9.53 Å². The van der Waals surface area contributed by atoms with Gasteiger partial charge in [-0.15, -0.1) is 0 Å². The van der Waals surface area contributed by atoms with Crippen molar-refractivity contribution in [2.24, 2.45) is 0 Å². The van der Waals surface area contributed by atoms with Crippen LogP contribution in [0.3, 0.4) is 0 Å². The van der Waals surface area contributed by atoms with E-state index in [9.17, 15) is 4.79 Å². The molecular weight excluding hydrogens is 310 g/mol. The van der Waals surface area contributed by atoms with E-state index in [1.807, 2.05) is 73.7 Å².